The van der Waals surface area contributed by atoms with Gasteiger partial charge in [-0.2, -0.15) is 0 Å². The summed E-state index contributed by atoms with van der Waals surface area (Å²) >= 11 is 0. The molecule has 0 aromatic heterocycles. The van der Waals surface area contributed by atoms with E-state index in [4.69, 9.17) is 0 Å². The molecule has 0 atom stereocenters. The van der Waals surface area contributed by atoms with Gasteiger partial charge in [0.15, 0.2) is 0 Å². The number of nitro groups is 1. The molecule has 83 valence electrons. The monoisotopic (exact) mass is 224 g/mol. The molecule has 0 aliphatic heterocycles. The fraction of sp³-hybridized carbons (Fsp3) is 0. The lowest BCUT2D eigenvalue weighted by Crippen LogP contribution is -1.86. The fourth-order valence-corrected chi connectivity index (χ4v) is 1.40. The summed E-state index contributed by atoms with van der Waals surface area (Å²) in [5.41, 5.74) is 2.01. The number of hydrogen-bond acceptors (Lipinski definition) is 2. The van der Waals surface area contributed by atoms with E-state index in [9.17, 15) is 10.1 Å². The Kier molecular flexibility index (Phi) is 3.31. The third-order valence-corrected chi connectivity index (χ3v) is 2.29. The molecule has 17 heavy (non-hydrogen) atoms. The average Bonchev–Trinajstić information content (AvgIpc) is 2.38. The molecule has 1 radical (unpaired) electrons. The largest absolute Gasteiger partial charge is 0.269 e. The van der Waals surface area contributed by atoms with Gasteiger partial charge < -0.3 is 0 Å². The van der Waals surface area contributed by atoms with Crippen LogP contribution in [-0.2, 0) is 0 Å². The number of nitro benzene ring substituents is 1. The van der Waals surface area contributed by atoms with Gasteiger partial charge in [-0.1, -0.05) is 36.4 Å². The van der Waals surface area contributed by atoms with Crippen LogP contribution in [0.15, 0.2) is 48.5 Å². The van der Waals surface area contributed by atoms with Crippen molar-refractivity contribution in [2.45, 2.75) is 0 Å². The first kappa shape index (κ1) is 11.1. The highest BCUT2D eigenvalue weighted by molar-refractivity contribution is 5.69. The molecule has 0 bridgehead atoms. The van der Waals surface area contributed by atoms with Gasteiger partial charge in [0.25, 0.3) is 5.69 Å². The predicted molar refractivity (Wildman–Crippen MR) is 67.3 cm³/mol. The molecule has 2 aromatic rings. The van der Waals surface area contributed by atoms with Crippen LogP contribution in [0.4, 0.5) is 5.69 Å². The SMILES string of the molecule is O=[N+]([O-])c1ccc(C=Cc2[c]cccc2)cc1. The van der Waals surface area contributed by atoms with Crippen LogP contribution in [0, 0.1) is 16.2 Å². The van der Waals surface area contributed by atoms with E-state index in [0.717, 1.165) is 11.1 Å². The smallest absolute Gasteiger partial charge is 0.258 e. The van der Waals surface area contributed by atoms with Gasteiger partial charge in [-0.15, -0.1) is 0 Å². The average molecular weight is 224 g/mol. The normalized spacial score (nSPS) is 10.6. The van der Waals surface area contributed by atoms with Crippen molar-refractivity contribution in [1.29, 1.82) is 0 Å². The molecular weight excluding hydrogens is 214 g/mol. The molecule has 0 spiro atoms. The summed E-state index contributed by atoms with van der Waals surface area (Å²) in [5, 5.41) is 10.5. The first-order valence-electron chi connectivity index (χ1n) is 5.15. The second kappa shape index (κ2) is 5.07. The highest BCUT2D eigenvalue weighted by Crippen LogP contribution is 2.14. The minimum Gasteiger partial charge on any atom is -0.258 e. The maximum Gasteiger partial charge on any atom is 0.269 e. The Balaban J connectivity index is 2.14. The Morgan fingerprint density at radius 2 is 1.82 bits per heavy atom. The molecule has 3 heteroatoms. The molecule has 0 fully saturated rings. The first-order chi connectivity index (χ1) is 8.25. The minimum atomic E-state index is -0.404. The molecule has 0 saturated heterocycles. The third kappa shape index (κ3) is 3.01. The highest BCUT2D eigenvalue weighted by atomic mass is 16.6. The summed E-state index contributed by atoms with van der Waals surface area (Å²) < 4.78 is 0. The number of hydrogen-bond donors (Lipinski definition) is 0. The van der Waals surface area contributed by atoms with E-state index in [2.05, 4.69) is 6.07 Å². The van der Waals surface area contributed by atoms with Crippen molar-refractivity contribution >= 4 is 17.8 Å². The van der Waals surface area contributed by atoms with E-state index in [0.29, 0.717) is 0 Å². The number of nitrogens with zero attached hydrogens (tertiary/aromatic N) is 1. The minimum absolute atomic E-state index is 0.105. The molecule has 0 aliphatic rings. The summed E-state index contributed by atoms with van der Waals surface area (Å²) in [6, 6.07) is 17.1. The van der Waals surface area contributed by atoms with Crippen molar-refractivity contribution < 1.29 is 4.92 Å². The van der Waals surface area contributed by atoms with Gasteiger partial charge in [-0.3, -0.25) is 10.1 Å². The first-order valence-corrected chi connectivity index (χ1v) is 5.15. The van der Waals surface area contributed by atoms with Gasteiger partial charge in [-0.25, -0.2) is 0 Å². The number of non-ortho nitro benzene ring substituents is 1. The maximum atomic E-state index is 10.5. The zero-order valence-electron chi connectivity index (χ0n) is 9.04. The Hall–Kier alpha value is -2.42. The van der Waals surface area contributed by atoms with Crippen molar-refractivity contribution in [3.05, 3.63) is 75.8 Å². The molecule has 0 aliphatic carbocycles. The van der Waals surface area contributed by atoms with Gasteiger partial charge in [0.05, 0.1) is 4.92 Å². The summed E-state index contributed by atoms with van der Waals surface area (Å²) in [4.78, 5) is 10.1. The van der Waals surface area contributed by atoms with E-state index in [-0.39, 0.29) is 5.69 Å². The third-order valence-electron chi connectivity index (χ3n) is 2.29. The standard InChI is InChI=1S/C14H10NO2/c16-15(17)14-10-8-13(9-11-14)7-6-12-4-2-1-3-5-12/h1-4,6-11H. The Morgan fingerprint density at radius 1 is 1.06 bits per heavy atom. The van der Waals surface area contributed by atoms with Crippen LogP contribution in [0.5, 0.6) is 0 Å². The van der Waals surface area contributed by atoms with Crippen LogP contribution >= 0.6 is 0 Å². The lowest BCUT2D eigenvalue weighted by atomic mass is 10.1. The Morgan fingerprint density at radius 3 is 2.41 bits per heavy atom. The van der Waals surface area contributed by atoms with E-state index < -0.39 is 4.92 Å². The lowest BCUT2D eigenvalue weighted by Gasteiger charge is -1.94. The Labute approximate surface area is 99.2 Å². The van der Waals surface area contributed by atoms with Gasteiger partial charge in [0, 0.05) is 12.1 Å². The molecule has 0 heterocycles. The van der Waals surface area contributed by atoms with Crippen molar-refractivity contribution in [2.24, 2.45) is 0 Å². The molecule has 0 N–H and O–H groups in total. The van der Waals surface area contributed by atoms with Gasteiger partial charge in [0.2, 0.25) is 0 Å². The summed E-state index contributed by atoms with van der Waals surface area (Å²) in [5.74, 6) is 0. The topological polar surface area (TPSA) is 43.1 Å². The van der Waals surface area contributed by atoms with E-state index in [1.807, 2.05) is 36.4 Å². The number of benzene rings is 2. The molecule has 0 saturated carbocycles. The quantitative estimate of drug-likeness (QED) is 0.454. The van der Waals surface area contributed by atoms with Crippen LogP contribution in [0.2, 0.25) is 0 Å². The summed E-state index contributed by atoms with van der Waals surface area (Å²) in [6.07, 6.45) is 3.82. The molecule has 0 unspecified atom stereocenters. The van der Waals surface area contributed by atoms with Crippen molar-refractivity contribution in [1.82, 2.24) is 0 Å². The van der Waals surface area contributed by atoms with E-state index in [1.54, 1.807) is 12.1 Å². The van der Waals surface area contributed by atoms with Crippen molar-refractivity contribution in [3.8, 4) is 0 Å². The van der Waals surface area contributed by atoms with Crippen molar-refractivity contribution in [2.75, 3.05) is 0 Å². The van der Waals surface area contributed by atoms with E-state index >= 15 is 0 Å². The zero-order valence-corrected chi connectivity index (χ0v) is 9.04. The summed E-state index contributed by atoms with van der Waals surface area (Å²) in [7, 11) is 0. The molecule has 3 nitrogen and oxygen atoms in total. The van der Waals surface area contributed by atoms with Crippen LogP contribution in [0.3, 0.4) is 0 Å². The molecular formula is C14H10NO2. The second-order valence-electron chi connectivity index (χ2n) is 3.50. The highest BCUT2D eigenvalue weighted by Gasteiger charge is 2.01. The predicted octanol–water partition coefficient (Wildman–Crippen LogP) is 3.57. The van der Waals surface area contributed by atoms with Gasteiger partial charge >= 0.3 is 0 Å². The van der Waals surface area contributed by atoms with Crippen LogP contribution < -0.4 is 0 Å². The van der Waals surface area contributed by atoms with Crippen LogP contribution in [0.25, 0.3) is 12.2 Å². The summed E-state index contributed by atoms with van der Waals surface area (Å²) in [6.45, 7) is 0. The maximum absolute atomic E-state index is 10.5. The van der Waals surface area contributed by atoms with Crippen LogP contribution in [-0.4, -0.2) is 4.92 Å². The van der Waals surface area contributed by atoms with Gasteiger partial charge in [0.1, 0.15) is 0 Å². The fourth-order valence-electron chi connectivity index (χ4n) is 1.40. The second-order valence-corrected chi connectivity index (χ2v) is 3.50. The van der Waals surface area contributed by atoms with Gasteiger partial charge in [-0.05, 0) is 29.3 Å². The Bertz CT molecular complexity index is 530. The van der Waals surface area contributed by atoms with Crippen LogP contribution in [0.1, 0.15) is 11.1 Å². The zero-order chi connectivity index (χ0) is 12.1. The molecule has 2 rings (SSSR count). The lowest BCUT2D eigenvalue weighted by molar-refractivity contribution is -0.384. The molecule has 0 amide bonds. The molecule has 2 aromatic carbocycles. The van der Waals surface area contributed by atoms with E-state index in [1.165, 1.54) is 12.1 Å². The number of rotatable bonds is 3. The van der Waals surface area contributed by atoms with Crippen molar-refractivity contribution in [3.63, 3.8) is 0 Å².